The van der Waals surface area contributed by atoms with E-state index in [1.165, 1.54) is 18.1 Å². The van der Waals surface area contributed by atoms with E-state index in [2.05, 4.69) is 42.3 Å². The molecule has 24 heavy (non-hydrogen) atoms. The molecule has 1 aromatic rings. The van der Waals surface area contributed by atoms with E-state index in [4.69, 9.17) is 4.74 Å². The largest absolute Gasteiger partial charge is 0.463 e. The van der Waals surface area contributed by atoms with Crippen molar-refractivity contribution in [1.29, 1.82) is 0 Å². The zero-order valence-electron chi connectivity index (χ0n) is 14.7. The molecule has 0 amide bonds. The maximum atomic E-state index is 11.0. The molecule has 1 aliphatic rings. The number of carbonyl (C=O) groups is 1. The summed E-state index contributed by atoms with van der Waals surface area (Å²) in [6, 6.07) is 8.97. The lowest BCUT2D eigenvalue weighted by atomic mass is 9.82. The second-order valence-electron chi connectivity index (χ2n) is 6.60. The summed E-state index contributed by atoms with van der Waals surface area (Å²) in [6.45, 7) is 11.8. The highest BCUT2D eigenvalue weighted by molar-refractivity contribution is 5.66. The van der Waals surface area contributed by atoms with Gasteiger partial charge in [0.2, 0.25) is 0 Å². The maximum Gasteiger partial charge on any atom is 0.302 e. The van der Waals surface area contributed by atoms with E-state index in [-0.39, 0.29) is 12.1 Å². The van der Waals surface area contributed by atoms with Gasteiger partial charge in [-0.3, -0.25) is 9.69 Å². The van der Waals surface area contributed by atoms with Gasteiger partial charge in [0.05, 0.1) is 0 Å². The number of rotatable bonds is 8. The van der Waals surface area contributed by atoms with E-state index in [9.17, 15) is 4.79 Å². The van der Waals surface area contributed by atoms with E-state index >= 15 is 0 Å². The summed E-state index contributed by atoms with van der Waals surface area (Å²) in [5, 5.41) is 0. The number of hydrogen-bond acceptors (Lipinski definition) is 3. The van der Waals surface area contributed by atoms with Crippen LogP contribution in [0, 0.1) is 0 Å². The fourth-order valence-electron chi connectivity index (χ4n) is 3.47. The van der Waals surface area contributed by atoms with Crippen LogP contribution in [-0.4, -0.2) is 30.1 Å². The number of ether oxygens (including phenoxy) is 1. The summed E-state index contributed by atoms with van der Waals surface area (Å²) in [5.74, 6) is 0.426. The fraction of sp³-hybridized carbons (Fsp3) is 0.476. The van der Waals surface area contributed by atoms with E-state index in [0.717, 1.165) is 45.3 Å². The molecule has 0 saturated heterocycles. The van der Waals surface area contributed by atoms with Crippen LogP contribution in [0.3, 0.4) is 0 Å². The van der Waals surface area contributed by atoms with E-state index in [0.29, 0.717) is 5.92 Å². The molecular formula is C21H29NO2. The van der Waals surface area contributed by atoms with E-state index in [1.807, 2.05) is 12.2 Å². The van der Waals surface area contributed by atoms with Crippen molar-refractivity contribution in [3.8, 4) is 0 Å². The van der Waals surface area contributed by atoms with Crippen molar-refractivity contribution >= 4 is 5.97 Å². The minimum atomic E-state index is -0.161. The molecule has 0 unspecified atom stereocenters. The first-order valence-corrected chi connectivity index (χ1v) is 8.82. The number of hydrogen-bond donors (Lipinski definition) is 0. The second kappa shape index (κ2) is 9.43. The highest BCUT2D eigenvalue weighted by Crippen LogP contribution is 2.34. The molecule has 0 bridgehead atoms. The Morgan fingerprint density at radius 3 is 2.21 bits per heavy atom. The van der Waals surface area contributed by atoms with Crippen LogP contribution in [0.2, 0.25) is 0 Å². The molecule has 3 heteroatoms. The van der Waals surface area contributed by atoms with Crippen LogP contribution < -0.4 is 0 Å². The number of esters is 1. The summed E-state index contributed by atoms with van der Waals surface area (Å²) < 4.78 is 5.32. The Hall–Kier alpha value is -1.87. The third-order valence-electron chi connectivity index (χ3n) is 4.64. The Kier molecular flexibility index (Phi) is 7.26. The lowest BCUT2D eigenvalue weighted by Gasteiger charge is -2.28. The molecule has 0 N–H and O–H groups in total. The molecule has 0 spiro atoms. The lowest BCUT2D eigenvalue weighted by Crippen LogP contribution is -2.23. The number of carbonyl (C=O) groups excluding carboxylic acids is 1. The van der Waals surface area contributed by atoms with Gasteiger partial charge in [-0.05, 0) is 42.7 Å². The Morgan fingerprint density at radius 1 is 1.12 bits per heavy atom. The summed E-state index contributed by atoms with van der Waals surface area (Å²) in [6.07, 6.45) is 8.10. The Bertz CT molecular complexity index is 531. The normalized spacial score (nSPS) is 20.6. The average Bonchev–Trinajstić information content (AvgIpc) is 2.56. The molecule has 0 atom stereocenters. The summed E-state index contributed by atoms with van der Waals surface area (Å²) in [7, 11) is 0. The van der Waals surface area contributed by atoms with Crippen LogP contribution in [0.15, 0.2) is 49.6 Å². The third-order valence-corrected chi connectivity index (χ3v) is 4.64. The van der Waals surface area contributed by atoms with Gasteiger partial charge >= 0.3 is 5.97 Å². The maximum absolute atomic E-state index is 11.0. The molecular weight excluding hydrogens is 298 g/mol. The molecule has 1 aromatic carbocycles. The third kappa shape index (κ3) is 5.64. The van der Waals surface area contributed by atoms with Crippen molar-refractivity contribution in [2.75, 3.05) is 13.1 Å². The van der Waals surface area contributed by atoms with E-state index < -0.39 is 0 Å². The first-order valence-electron chi connectivity index (χ1n) is 8.82. The average molecular weight is 327 g/mol. The summed E-state index contributed by atoms with van der Waals surface area (Å²) in [4.78, 5) is 13.3. The molecule has 3 nitrogen and oxygen atoms in total. The Morgan fingerprint density at radius 2 is 1.71 bits per heavy atom. The van der Waals surface area contributed by atoms with Crippen molar-refractivity contribution < 1.29 is 9.53 Å². The molecule has 130 valence electrons. The zero-order chi connectivity index (χ0) is 17.4. The van der Waals surface area contributed by atoms with Gasteiger partial charge in [0.25, 0.3) is 0 Å². The van der Waals surface area contributed by atoms with Crippen molar-refractivity contribution in [2.24, 2.45) is 0 Å². The molecule has 0 aromatic heterocycles. The molecule has 1 aliphatic carbocycles. The van der Waals surface area contributed by atoms with Crippen LogP contribution in [0.4, 0.5) is 0 Å². The Balaban J connectivity index is 1.89. The van der Waals surface area contributed by atoms with Gasteiger partial charge in [-0.25, -0.2) is 0 Å². The molecule has 1 fully saturated rings. The van der Waals surface area contributed by atoms with Gasteiger partial charge in [-0.2, -0.15) is 0 Å². The molecule has 1 saturated carbocycles. The summed E-state index contributed by atoms with van der Waals surface area (Å²) in [5.41, 5.74) is 2.72. The van der Waals surface area contributed by atoms with Crippen LogP contribution >= 0.6 is 0 Å². The minimum absolute atomic E-state index is 0.115. The van der Waals surface area contributed by atoms with Crippen molar-refractivity contribution in [3.63, 3.8) is 0 Å². The first-order chi connectivity index (χ1) is 11.6. The van der Waals surface area contributed by atoms with Crippen LogP contribution in [0.1, 0.15) is 49.7 Å². The highest BCUT2D eigenvalue weighted by Gasteiger charge is 2.24. The van der Waals surface area contributed by atoms with Crippen molar-refractivity contribution in [1.82, 2.24) is 4.90 Å². The van der Waals surface area contributed by atoms with Gasteiger partial charge in [0, 0.05) is 26.6 Å². The number of benzene rings is 1. The molecule has 0 radical (unpaired) electrons. The second-order valence-corrected chi connectivity index (χ2v) is 6.60. The van der Waals surface area contributed by atoms with Gasteiger partial charge in [-0.1, -0.05) is 36.4 Å². The van der Waals surface area contributed by atoms with Crippen LogP contribution in [-0.2, 0) is 16.1 Å². The minimum Gasteiger partial charge on any atom is -0.463 e. The van der Waals surface area contributed by atoms with Crippen LogP contribution in [0.5, 0.6) is 0 Å². The van der Waals surface area contributed by atoms with Crippen LogP contribution in [0.25, 0.3) is 0 Å². The molecule has 2 rings (SSSR count). The van der Waals surface area contributed by atoms with Gasteiger partial charge < -0.3 is 4.74 Å². The molecule has 0 aliphatic heterocycles. The fourth-order valence-corrected chi connectivity index (χ4v) is 3.47. The van der Waals surface area contributed by atoms with Crippen molar-refractivity contribution in [2.45, 2.75) is 51.2 Å². The zero-order valence-corrected chi connectivity index (χ0v) is 14.7. The topological polar surface area (TPSA) is 29.5 Å². The van der Waals surface area contributed by atoms with Gasteiger partial charge in [-0.15, -0.1) is 13.2 Å². The monoisotopic (exact) mass is 327 g/mol. The lowest BCUT2D eigenvalue weighted by molar-refractivity contribution is -0.147. The predicted molar refractivity (Wildman–Crippen MR) is 98.9 cm³/mol. The van der Waals surface area contributed by atoms with Gasteiger partial charge in [0.1, 0.15) is 6.10 Å². The Labute approximate surface area is 146 Å². The summed E-state index contributed by atoms with van der Waals surface area (Å²) >= 11 is 0. The smallest absolute Gasteiger partial charge is 0.302 e. The molecule has 0 heterocycles. The highest BCUT2D eigenvalue weighted by atomic mass is 16.5. The predicted octanol–water partition coefficient (Wildman–Crippen LogP) is 4.45. The van der Waals surface area contributed by atoms with Gasteiger partial charge in [0.15, 0.2) is 0 Å². The quantitative estimate of drug-likeness (QED) is 0.522. The number of nitrogens with zero attached hydrogens (tertiary/aromatic N) is 1. The SMILES string of the molecule is C=CCN(CC=C)Cc1ccc(C2CCC(OC(C)=O)CC2)cc1. The standard InChI is InChI=1S/C21H29NO2/c1-4-14-22(15-5-2)16-18-6-8-19(9-7-18)20-10-12-21(13-11-20)24-17(3)23/h4-9,20-21H,1-2,10-16H2,3H3. The first kappa shape index (κ1) is 18.5. The van der Waals surface area contributed by atoms with Crippen molar-refractivity contribution in [3.05, 3.63) is 60.7 Å². The van der Waals surface area contributed by atoms with E-state index in [1.54, 1.807) is 0 Å².